The average Bonchev–Trinajstić information content (AvgIpc) is 2.71. The number of hydrogen-bond donors (Lipinski definition) is 1. The number of carboxylic acids is 1. The lowest BCUT2D eigenvalue weighted by atomic mass is 10.4. The third kappa shape index (κ3) is 1.42. The first-order chi connectivity index (χ1) is 6.68. The molecule has 0 radical (unpaired) electrons. The van der Waals surface area contributed by atoms with E-state index in [2.05, 4.69) is 4.98 Å². The van der Waals surface area contributed by atoms with Gasteiger partial charge in [0.05, 0.1) is 5.69 Å². The molecule has 0 aliphatic rings. The molecule has 1 N–H and O–H groups in total. The maximum Gasteiger partial charge on any atom is 0.345 e. The molecule has 0 aromatic carbocycles. The second kappa shape index (κ2) is 3.26. The predicted octanol–water partition coefficient (Wildman–Crippen LogP) is 1.94. The number of nitrogens with zero attached hydrogens (tertiary/aromatic N) is 2. The van der Waals surface area contributed by atoms with Gasteiger partial charge in [-0.1, -0.05) is 0 Å². The van der Waals surface area contributed by atoms with Crippen molar-refractivity contribution in [2.45, 2.75) is 6.92 Å². The van der Waals surface area contributed by atoms with Gasteiger partial charge in [0.25, 0.3) is 0 Å². The quantitative estimate of drug-likeness (QED) is 0.820. The van der Waals surface area contributed by atoms with Crippen molar-refractivity contribution in [2.75, 3.05) is 0 Å². The van der Waals surface area contributed by atoms with Crippen molar-refractivity contribution in [3.05, 3.63) is 34.5 Å². The molecule has 0 atom stereocenters. The largest absolute Gasteiger partial charge is 0.477 e. The SMILES string of the molecule is Cc1nccn1-c1csc(C(=O)O)c1. The monoisotopic (exact) mass is 208 g/mol. The van der Waals surface area contributed by atoms with E-state index < -0.39 is 5.97 Å². The van der Waals surface area contributed by atoms with Crippen LogP contribution in [0.2, 0.25) is 0 Å². The van der Waals surface area contributed by atoms with Crippen LogP contribution < -0.4 is 0 Å². The first kappa shape index (κ1) is 8.96. The molecule has 4 nitrogen and oxygen atoms in total. The molecular weight excluding hydrogens is 200 g/mol. The van der Waals surface area contributed by atoms with E-state index >= 15 is 0 Å². The lowest BCUT2D eigenvalue weighted by Gasteiger charge is -1.98. The third-order valence-corrected chi connectivity index (χ3v) is 2.81. The van der Waals surface area contributed by atoms with Gasteiger partial charge in [-0.2, -0.15) is 0 Å². The number of aromatic nitrogens is 2. The van der Waals surface area contributed by atoms with Crippen LogP contribution >= 0.6 is 11.3 Å². The Morgan fingerprint density at radius 3 is 2.93 bits per heavy atom. The number of thiophene rings is 1. The summed E-state index contributed by atoms with van der Waals surface area (Å²) >= 11 is 1.22. The summed E-state index contributed by atoms with van der Waals surface area (Å²) in [7, 11) is 0. The number of aryl methyl sites for hydroxylation is 1. The van der Waals surface area contributed by atoms with Crippen molar-refractivity contribution in [2.24, 2.45) is 0 Å². The fourth-order valence-corrected chi connectivity index (χ4v) is 1.93. The predicted molar refractivity (Wildman–Crippen MR) is 53.1 cm³/mol. The van der Waals surface area contributed by atoms with E-state index in [1.165, 1.54) is 11.3 Å². The Bertz CT molecular complexity index is 473. The van der Waals surface area contributed by atoms with E-state index in [9.17, 15) is 4.79 Å². The average molecular weight is 208 g/mol. The fraction of sp³-hybridized carbons (Fsp3) is 0.111. The van der Waals surface area contributed by atoms with Crippen LogP contribution in [0.25, 0.3) is 5.69 Å². The van der Waals surface area contributed by atoms with Crippen LogP contribution in [0.4, 0.5) is 0 Å². The minimum atomic E-state index is -0.890. The Morgan fingerprint density at radius 2 is 2.43 bits per heavy atom. The maximum atomic E-state index is 10.7. The smallest absolute Gasteiger partial charge is 0.345 e. The topological polar surface area (TPSA) is 55.1 Å². The summed E-state index contributed by atoms with van der Waals surface area (Å²) in [5.74, 6) is -0.0428. The van der Waals surface area contributed by atoms with Crippen molar-refractivity contribution in [3.8, 4) is 5.69 Å². The molecule has 0 aliphatic carbocycles. The molecule has 0 saturated heterocycles. The van der Waals surface area contributed by atoms with Crippen molar-refractivity contribution in [1.29, 1.82) is 0 Å². The van der Waals surface area contributed by atoms with E-state index in [-0.39, 0.29) is 0 Å². The molecule has 2 aromatic rings. The highest BCUT2D eigenvalue weighted by Gasteiger charge is 2.08. The number of aromatic carboxylic acids is 1. The van der Waals surface area contributed by atoms with Gasteiger partial charge in [-0.25, -0.2) is 9.78 Å². The second-order valence-electron chi connectivity index (χ2n) is 2.82. The molecule has 0 aliphatic heterocycles. The fourth-order valence-electron chi connectivity index (χ4n) is 1.22. The Balaban J connectivity index is 2.43. The highest BCUT2D eigenvalue weighted by atomic mass is 32.1. The van der Waals surface area contributed by atoms with Gasteiger partial charge in [0, 0.05) is 17.8 Å². The van der Waals surface area contributed by atoms with Gasteiger partial charge in [-0.15, -0.1) is 11.3 Å². The molecule has 2 aromatic heterocycles. The van der Waals surface area contributed by atoms with E-state index in [4.69, 9.17) is 5.11 Å². The van der Waals surface area contributed by atoms with Gasteiger partial charge in [-0.05, 0) is 13.0 Å². The number of rotatable bonds is 2. The summed E-state index contributed by atoms with van der Waals surface area (Å²) in [4.78, 5) is 15.1. The van der Waals surface area contributed by atoms with E-state index in [0.717, 1.165) is 11.5 Å². The standard InChI is InChI=1S/C9H8N2O2S/c1-6-10-2-3-11(6)7-4-8(9(12)13)14-5-7/h2-5H,1H3,(H,12,13). The number of carbonyl (C=O) groups is 1. The molecule has 0 unspecified atom stereocenters. The van der Waals surface area contributed by atoms with Crippen molar-refractivity contribution in [1.82, 2.24) is 9.55 Å². The van der Waals surface area contributed by atoms with Crippen LogP contribution in [0.3, 0.4) is 0 Å². The molecule has 72 valence electrons. The summed E-state index contributed by atoms with van der Waals surface area (Å²) in [5, 5.41) is 10.6. The first-order valence-corrected chi connectivity index (χ1v) is 4.88. The highest BCUT2D eigenvalue weighted by molar-refractivity contribution is 7.12. The summed E-state index contributed by atoms with van der Waals surface area (Å²) < 4.78 is 1.85. The van der Waals surface area contributed by atoms with Crippen molar-refractivity contribution >= 4 is 17.3 Å². The minimum absolute atomic E-state index is 0.341. The molecular formula is C9H8N2O2S. The molecule has 0 fully saturated rings. The lowest BCUT2D eigenvalue weighted by molar-refractivity contribution is 0.0702. The number of carboxylic acid groups (broad SMARTS) is 1. The zero-order chi connectivity index (χ0) is 10.1. The highest BCUT2D eigenvalue weighted by Crippen LogP contribution is 2.19. The molecule has 0 saturated carbocycles. The third-order valence-electron chi connectivity index (χ3n) is 1.90. The van der Waals surface area contributed by atoms with Gasteiger partial charge in [0.1, 0.15) is 10.7 Å². The second-order valence-corrected chi connectivity index (χ2v) is 3.73. The Morgan fingerprint density at radius 1 is 1.64 bits per heavy atom. The molecule has 5 heteroatoms. The maximum absolute atomic E-state index is 10.7. The molecule has 0 amide bonds. The molecule has 0 spiro atoms. The molecule has 14 heavy (non-hydrogen) atoms. The Labute approximate surface area is 84.5 Å². The Hall–Kier alpha value is -1.62. The van der Waals surface area contributed by atoms with Crippen LogP contribution in [-0.2, 0) is 0 Å². The Kier molecular flexibility index (Phi) is 2.09. The lowest BCUT2D eigenvalue weighted by Crippen LogP contribution is -1.94. The van der Waals surface area contributed by atoms with Crippen molar-refractivity contribution in [3.63, 3.8) is 0 Å². The zero-order valence-electron chi connectivity index (χ0n) is 7.47. The van der Waals surface area contributed by atoms with Crippen LogP contribution in [0.5, 0.6) is 0 Å². The molecule has 2 rings (SSSR count). The van der Waals surface area contributed by atoms with Crippen LogP contribution in [0.15, 0.2) is 23.8 Å². The van der Waals surface area contributed by atoms with E-state index in [1.54, 1.807) is 17.6 Å². The van der Waals surface area contributed by atoms with Crippen LogP contribution in [0, 0.1) is 6.92 Å². The summed E-state index contributed by atoms with van der Waals surface area (Å²) in [6.07, 6.45) is 3.50. The summed E-state index contributed by atoms with van der Waals surface area (Å²) in [5.41, 5.74) is 0.849. The zero-order valence-corrected chi connectivity index (χ0v) is 8.28. The van der Waals surface area contributed by atoms with Gasteiger partial charge >= 0.3 is 5.97 Å². The van der Waals surface area contributed by atoms with Crippen LogP contribution in [0.1, 0.15) is 15.5 Å². The van der Waals surface area contributed by atoms with Crippen molar-refractivity contribution < 1.29 is 9.90 Å². The van der Waals surface area contributed by atoms with Gasteiger partial charge in [0.2, 0.25) is 0 Å². The van der Waals surface area contributed by atoms with E-state index in [1.807, 2.05) is 17.7 Å². The van der Waals surface area contributed by atoms with E-state index in [0.29, 0.717) is 4.88 Å². The molecule has 0 bridgehead atoms. The van der Waals surface area contributed by atoms with Gasteiger partial charge in [-0.3, -0.25) is 0 Å². The van der Waals surface area contributed by atoms with Gasteiger partial charge in [0.15, 0.2) is 0 Å². The van der Waals surface area contributed by atoms with Crippen LogP contribution in [-0.4, -0.2) is 20.6 Å². The summed E-state index contributed by atoms with van der Waals surface area (Å²) in [6, 6.07) is 1.64. The number of hydrogen-bond acceptors (Lipinski definition) is 3. The number of imidazole rings is 1. The molecule has 2 heterocycles. The minimum Gasteiger partial charge on any atom is -0.477 e. The first-order valence-electron chi connectivity index (χ1n) is 4.00. The normalized spacial score (nSPS) is 10.4. The summed E-state index contributed by atoms with van der Waals surface area (Å²) in [6.45, 7) is 1.87. The van der Waals surface area contributed by atoms with Gasteiger partial charge < -0.3 is 9.67 Å².